The topological polar surface area (TPSA) is 98.8 Å². The van der Waals surface area contributed by atoms with E-state index in [1.165, 1.54) is 0 Å². The van der Waals surface area contributed by atoms with E-state index in [0.29, 0.717) is 17.2 Å². The fourth-order valence-corrected chi connectivity index (χ4v) is 4.37. The van der Waals surface area contributed by atoms with Crippen LogP contribution in [0.2, 0.25) is 0 Å². The predicted octanol–water partition coefficient (Wildman–Crippen LogP) is 1.09. The molecule has 0 saturated carbocycles. The van der Waals surface area contributed by atoms with E-state index in [1.807, 2.05) is 6.07 Å². The minimum atomic E-state index is -0.933. The summed E-state index contributed by atoms with van der Waals surface area (Å²) in [5.41, 5.74) is 1.46. The molecule has 9 heteroatoms. The second-order valence-electron chi connectivity index (χ2n) is 7.47. The van der Waals surface area contributed by atoms with Gasteiger partial charge in [-0.2, -0.15) is 0 Å². The molecule has 3 aliphatic heterocycles. The van der Waals surface area contributed by atoms with Crippen molar-refractivity contribution in [3.63, 3.8) is 0 Å². The van der Waals surface area contributed by atoms with E-state index >= 15 is 0 Å². The molecule has 156 valence electrons. The lowest BCUT2D eigenvalue weighted by atomic mass is 10.0. The van der Waals surface area contributed by atoms with Crippen molar-refractivity contribution in [2.24, 2.45) is 0 Å². The van der Waals surface area contributed by atoms with Crippen molar-refractivity contribution in [1.82, 2.24) is 15.5 Å². The molecule has 0 aromatic heterocycles. The molecule has 2 fully saturated rings. The maximum absolute atomic E-state index is 13.2. The Kier molecular flexibility index (Phi) is 6.24. The standard InChI is InChI=1S/C20H24N4O4.ClH/c1-2-21-12-8-10-23(11-9-12)14-5-3-4-13-17(14)20(28)24(19(13)27)15-6-7-16(25)22-18(15)26;/h3-5,12,15,21H,2,6-11H2,1H3,(H,22,25,26);1H. The van der Waals surface area contributed by atoms with Crippen molar-refractivity contribution < 1.29 is 19.2 Å². The number of halogens is 1. The zero-order valence-corrected chi connectivity index (χ0v) is 17.1. The van der Waals surface area contributed by atoms with Gasteiger partial charge in [0.1, 0.15) is 6.04 Å². The second-order valence-corrected chi connectivity index (χ2v) is 7.47. The van der Waals surface area contributed by atoms with Crippen LogP contribution >= 0.6 is 12.4 Å². The molecule has 3 heterocycles. The van der Waals surface area contributed by atoms with Crippen LogP contribution in [0.5, 0.6) is 0 Å². The van der Waals surface area contributed by atoms with Gasteiger partial charge in [0.2, 0.25) is 11.8 Å². The zero-order chi connectivity index (χ0) is 19.8. The van der Waals surface area contributed by atoms with Crippen molar-refractivity contribution in [2.45, 2.75) is 44.7 Å². The van der Waals surface area contributed by atoms with Crippen molar-refractivity contribution in [1.29, 1.82) is 0 Å². The number of anilines is 1. The summed E-state index contributed by atoms with van der Waals surface area (Å²) in [6.07, 6.45) is 2.22. The molecule has 0 bridgehead atoms. The number of rotatable bonds is 4. The van der Waals surface area contributed by atoms with Gasteiger partial charge in [-0.3, -0.25) is 29.4 Å². The summed E-state index contributed by atoms with van der Waals surface area (Å²) in [5, 5.41) is 5.68. The first-order chi connectivity index (χ1) is 13.5. The van der Waals surface area contributed by atoms with Crippen molar-refractivity contribution in [3.05, 3.63) is 29.3 Å². The minimum absolute atomic E-state index is 0. The maximum Gasteiger partial charge on any atom is 0.264 e. The van der Waals surface area contributed by atoms with E-state index in [2.05, 4.69) is 22.5 Å². The fourth-order valence-electron chi connectivity index (χ4n) is 4.37. The van der Waals surface area contributed by atoms with Crippen molar-refractivity contribution in [2.75, 3.05) is 24.5 Å². The molecule has 4 amide bonds. The van der Waals surface area contributed by atoms with E-state index in [4.69, 9.17) is 0 Å². The highest BCUT2D eigenvalue weighted by Gasteiger charge is 2.46. The van der Waals surface area contributed by atoms with Gasteiger partial charge in [0.15, 0.2) is 0 Å². The molecule has 1 aromatic carbocycles. The molecule has 4 rings (SSSR count). The van der Waals surface area contributed by atoms with Crippen LogP contribution in [0, 0.1) is 0 Å². The largest absolute Gasteiger partial charge is 0.371 e. The molecular formula is C20H25ClN4O4. The molecule has 29 heavy (non-hydrogen) atoms. The van der Waals surface area contributed by atoms with Gasteiger partial charge in [-0.25, -0.2) is 0 Å². The van der Waals surface area contributed by atoms with Gasteiger partial charge < -0.3 is 10.2 Å². The molecule has 0 spiro atoms. The van der Waals surface area contributed by atoms with Gasteiger partial charge in [-0.15, -0.1) is 12.4 Å². The van der Waals surface area contributed by atoms with E-state index in [1.54, 1.807) is 12.1 Å². The number of fused-ring (bicyclic) bond motifs is 1. The second kappa shape index (κ2) is 8.51. The quantitative estimate of drug-likeness (QED) is 0.707. The molecule has 0 radical (unpaired) electrons. The monoisotopic (exact) mass is 420 g/mol. The number of piperidine rings is 2. The number of carbonyl (C=O) groups is 4. The highest BCUT2D eigenvalue weighted by molar-refractivity contribution is 6.25. The number of nitrogens with zero attached hydrogens (tertiary/aromatic N) is 2. The first kappa shape index (κ1) is 21.3. The number of amides is 4. The highest BCUT2D eigenvalue weighted by atomic mass is 35.5. The Morgan fingerprint density at radius 2 is 1.79 bits per heavy atom. The zero-order valence-electron chi connectivity index (χ0n) is 16.3. The Bertz CT molecular complexity index is 851. The Hall–Kier alpha value is -2.45. The van der Waals surface area contributed by atoms with Gasteiger partial charge in [0.25, 0.3) is 11.8 Å². The van der Waals surface area contributed by atoms with E-state index in [0.717, 1.165) is 43.1 Å². The third-order valence-electron chi connectivity index (χ3n) is 5.77. The Morgan fingerprint density at radius 3 is 2.45 bits per heavy atom. The molecule has 1 atom stereocenters. The van der Waals surface area contributed by atoms with Crippen molar-refractivity contribution in [3.8, 4) is 0 Å². The van der Waals surface area contributed by atoms with Gasteiger partial charge in [0.05, 0.1) is 16.8 Å². The Balaban J connectivity index is 0.00000240. The highest BCUT2D eigenvalue weighted by Crippen LogP contribution is 2.35. The SMILES string of the molecule is CCNC1CCN(c2cccc3c2C(=O)N(C2CCC(=O)NC2=O)C3=O)CC1.Cl. The third kappa shape index (κ3) is 3.74. The van der Waals surface area contributed by atoms with Gasteiger partial charge in [-0.05, 0) is 37.9 Å². The number of nitrogens with one attached hydrogen (secondary N) is 2. The smallest absolute Gasteiger partial charge is 0.264 e. The normalized spacial score (nSPS) is 22.4. The minimum Gasteiger partial charge on any atom is -0.371 e. The molecule has 1 unspecified atom stereocenters. The summed E-state index contributed by atoms with van der Waals surface area (Å²) in [5.74, 6) is -1.86. The number of imide groups is 2. The molecule has 2 N–H and O–H groups in total. The van der Waals surface area contributed by atoms with Crippen LogP contribution in [0.1, 0.15) is 53.3 Å². The van der Waals surface area contributed by atoms with Crippen LogP contribution in [-0.2, 0) is 9.59 Å². The van der Waals surface area contributed by atoms with Gasteiger partial charge in [0, 0.05) is 25.6 Å². The summed E-state index contributed by atoms with van der Waals surface area (Å²) in [6.45, 7) is 4.62. The first-order valence-corrected chi connectivity index (χ1v) is 9.84. The maximum atomic E-state index is 13.2. The lowest BCUT2D eigenvalue weighted by Crippen LogP contribution is -2.54. The summed E-state index contributed by atoms with van der Waals surface area (Å²) in [6, 6.07) is 4.82. The molecule has 2 saturated heterocycles. The molecular weight excluding hydrogens is 396 g/mol. The molecule has 0 aliphatic carbocycles. The number of carbonyl (C=O) groups excluding carboxylic acids is 4. The summed E-state index contributed by atoms with van der Waals surface area (Å²) in [7, 11) is 0. The number of hydrogen-bond acceptors (Lipinski definition) is 6. The van der Waals surface area contributed by atoms with Crippen LogP contribution < -0.4 is 15.5 Å². The van der Waals surface area contributed by atoms with Crippen LogP contribution in [0.25, 0.3) is 0 Å². The van der Waals surface area contributed by atoms with E-state index in [9.17, 15) is 19.2 Å². The fraction of sp³-hybridized carbons (Fsp3) is 0.500. The van der Waals surface area contributed by atoms with Crippen LogP contribution in [-0.4, -0.2) is 60.2 Å². The Morgan fingerprint density at radius 1 is 1.07 bits per heavy atom. The molecule has 8 nitrogen and oxygen atoms in total. The van der Waals surface area contributed by atoms with Gasteiger partial charge in [-0.1, -0.05) is 13.0 Å². The van der Waals surface area contributed by atoms with Crippen LogP contribution in [0.4, 0.5) is 5.69 Å². The van der Waals surface area contributed by atoms with Crippen molar-refractivity contribution >= 4 is 41.7 Å². The summed E-state index contributed by atoms with van der Waals surface area (Å²) >= 11 is 0. The summed E-state index contributed by atoms with van der Waals surface area (Å²) in [4.78, 5) is 52.9. The van der Waals surface area contributed by atoms with Gasteiger partial charge >= 0.3 is 0 Å². The number of benzene rings is 1. The average Bonchev–Trinajstić information content (AvgIpc) is 2.94. The predicted molar refractivity (Wildman–Crippen MR) is 109 cm³/mol. The Labute approximate surface area is 175 Å². The third-order valence-corrected chi connectivity index (χ3v) is 5.77. The lowest BCUT2D eigenvalue weighted by molar-refractivity contribution is -0.136. The first-order valence-electron chi connectivity index (χ1n) is 9.84. The van der Waals surface area contributed by atoms with Crippen LogP contribution in [0.3, 0.4) is 0 Å². The average molecular weight is 421 g/mol. The molecule has 1 aromatic rings. The summed E-state index contributed by atoms with van der Waals surface area (Å²) < 4.78 is 0. The van der Waals surface area contributed by atoms with E-state index < -0.39 is 23.8 Å². The lowest BCUT2D eigenvalue weighted by Gasteiger charge is -2.34. The molecule has 3 aliphatic rings. The van der Waals surface area contributed by atoms with Crippen LogP contribution in [0.15, 0.2) is 18.2 Å². The number of hydrogen-bond donors (Lipinski definition) is 2. The van der Waals surface area contributed by atoms with E-state index in [-0.39, 0.29) is 31.2 Å².